The second-order valence-corrected chi connectivity index (χ2v) is 3.08. The molecule has 0 radical (unpaired) electrons. The molecular weight excluding hydrogens is 220 g/mol. The molecule has 0 bridgehead atoms. The fourth-order valence-electron chi connectivity index (χ4n) is 1.18. The van der Waals surface area contributed by atoms with Gasteiger partial charge in [0.2, 0.25) is 0 Å². The molecule has 0 heterocycles. The number of nitrogens with one attached hydrogen (secondary N) is 1. The Morgan fingerprint density at radius 3 is 2.69 bits per heavy atom. The third kappa shape index (κ3) is 2.63. The van der Waals surface area contributed by atoms with Crippen molar-refractivity contribution in [2.75, 3.05) is 18.4 Å². The summed E-state index contributed by atoms with van der Waals surface area (Å²) in [5, 5.41) is 13.0. The number of anilines is 1. The van der Waals surface area contributed by atoms with Gasteiger partial charge in [0.15, 0.2) is 17.3 Å². The minimum atomic E-state index is -1.24. The molecule has 0 aromatic heterocycles. The van der Waals surface area contributed by atoms with Crippen LogP contribution >= 0.6 is 0 Å². The zero-order chi connectivity index (χ0) is 12.1. The minimum Gasteiger partial charge on any atom is -0.377 e. The maximum atomic E-state index is 13.3. The summed E-state index contributed by atoms with van der Waals surface area (Å²) in [5.41, 5.74) is 4.29. The highest BCUT2D eigenvalue weighted by atomic mass is 19.2. The van der Waals surface area contributed by atoms with Crippen molar-refractivity contribution < 1.29 is 13.7 Å². The molecule has 1 aromatic carbocycles. The van der Waals surface area contributed by atoms with Crippen LogP contribution in [0, 0.1) is 21.7 Å². The van der Waals surface area contributed by atoms with Gasteiger partial charge in [0.25, 0.3) is 5.69 Å². The Balaban J connectivity index is 3.01. The molecule has 16 heavy (non-hydrogen) atoms. The normalized spacial score (nSPS) is 10.2. The Hall–Kier alpha value is -1.76. The van der Waals surface area contributed by atoms with Crippen LogP contribution in [0.5, 0.6) is 0 Å². The largest absolute Gasteiger partial charge is 0.377 e. The van der Waals surface area contributed by atoms with E-state index >= 15 is 0 Å². The Morgan fingerprint density at radius 2 is 2.12 bits per heavy atom. The third-order valence-electron chi connectivity index (χ3n) is 1.95. The van der Waals surface area contributed by atoms with Crippen LogP contribution in [0.4, 0.5) is 20.2 Å². The van der Waals surface area contributed by atoms with Gasteiger partial charge in [-0.2, -0.15) is 0 Å². The summed E-state index contributed by atoms with van der Waals surface area (Å²) in [4.78, 5) is 9.80. The van der Waals surface area contributed by atoms with Gasteiger partial charge in [0.1, 0.15) is 0 Å². The number of hydrogen-bond donors (Lipinski definition) is 2. The zero-order valence-corrected chi connectivity index (χ0v) is 8.37. The maximum absolute atomic E-state index is 13.3. The van der Waals surface area contributed by atoms with Crippen LogP contribution in [-0.2, 0) is 0 Å². The number of nitro benzene ring substituents is 1. The molecule has 0 fully saturated rings. The van der Waals surface area contributed by atoms with Gasteiger partial charge < -0.3 is 11.1 Å². The van der Waals surface area contributed by atoms with E-state index in [0.717, 1.165) is 12.1 Å². The van der Waals surface area contributed by atoms with Crippen LogP contribution in [0.15, 0.2) is 12.1 Å². The summed E-state index contributed by atoms with van der Waals surface area (Å²) in [5.74, 6) is -2.37. The van der Waals surface area contributed by atoms with Crippen molar-refractivity contribution in [1.29, 1.82) is 0 Å². The van der Waals surface area contributed by atoms with E-state index < -0.39 is 27.9 Å². The van der Waals surface area contributed by atoms with Gasteiger partial charge >= 0.3 is 0 Å². The number of nitrogens with two attached hydrogens (primary N) is 1. The molecule has 0 saturated carbocycles. The van der Waals surface area contributed by atoms with Crippen LogP contribution in [0.1, 0.15) is 6.42 Å². The summed E-state index contributed by atoms with van der Waals surface area (Å²) in [7, 11) is 0. The van der Waals surface area contributed by atoms with Gasteiger partial charge in [-0.1, -0.05) is 0 Å². The van der Waals surface area contributed by atoms with Crippen LogP contribution in [0.3, 0.4) is 0 Å². The number of nitrogens with zero attached hydrogens (tertiary/aromatic N) is 1. The molecule has 0 aliphatic carbocycles. The zero-order valence-electron chi connectivity index (χ0n) is 8.37. The molecule has 0 atom stereocenters. The first kappa shape index (κ1) is 12.3. The van der Waals surface area contributed by atoms with Crippen molar-refractivity contribution in [1.82, 2.24) is 0 Å². The first-order chi connectivity index (χ1) is 7.57. The smallest absolute Gasteiger partial charge is 0.295 e. The number of benzene rings is 1. The van der Waals surface area contributed by atoms with Crippen molar-refractivity contribution in [3.8, 4) is 0 Å². The average molecular weight is 231 g/mol. The molecule has 1 aromatic rings. The second-order valence-electron chi connectivity index (χ2n) is 3.08. The Morgan fingerprint density at radius 1 is 1.44 bits per heavy atom. The summed E-state index contributed by atoms with van der Waals surface area (Å²) >= 11 is 0. The third-order valence-corrected chi connectivity index (χ3v) is 1.95. The fourth-order valence-corrected chi connectivity index (χ4v) is 1.18. The van der Waals surface area contributed by atoms with Crippen LogP contribution < -0.4 is 11.1 Å². The van der Waals surface area contributed by atoms with Gasteiger partial charge in [0, 0.05) is 12.6 Å². The summed E-state index contributed by atoms with van der Waals surface area (Å²) in [6.07, 6.45) is 0.507. The van der Waals surface area contributed by atoms with E-state index in [1.54, 1.807) is 0 Å². The molecular formula is C9H11F2N3O2. The van der Waals surface area contributed by atoms with Crippen molar-refractivity contribution in [3.05, 3.63) is 33.9 Å². The maximum Gasteiger partial charge on any atom is 0.295 e. The molecule has 5 nitrogen and oxygen atoms in total. The van der Waals surface area contributed by atoms with E-state index in [1.165, 1.54) is 0 Å². The highest BCUT2D eigenvalue weighted by Gasteiger charge is 2.20. The predicted molar refractivity (Wildman–Crippen MR) is 55.2 cm³/mol. The fraction of sp³-hybridized carbons (Fsp3) is 0.333. The molecule has 0 aliphatic rings. The van der Waals surface area contributed by atoms with Crippen molar-refractivity contribution in [2.24, 2.45) is 5.73 Å². The predicted octanol–water partition coefficient (Wildman–Crippen LogP) is 1.63. The first-order valence-electron chi connectivity index (χ1n) is 4.64. The molecule has 88 valence electrons. The van der Waals surface area contributed by atoms with Gasteiger partial charge in [-0.25, -0.2) is 8.78 Å². The number of nitro groups is 1. The molecule has 1 rings (SSSR count). The Labute approximate surface area is 90.4 Å². The minimum absolute atomic E-state index is 0.248. The molecule has 0 aliphatic heterocycles. The SMILES string of the molecule is NCCCNc1c([N+](=O)[O-])ccc(F)c1F. The van der Waals surface area contributed by atoms with Crippen LogP contribution in [0.25, 0.3) is 0 Å². The van der Waals surface area contributed by atoms with Gasteiger partial charge in [-0.15, -0.1) is 0 Å². The first-order valence-corrected chi connectivity index (χ1v) is 4.64. The lowest BCUT2D eigenvalue weighted by Gasteiger charge is -2.07. The Bertz CT molecular complexity index is 399. The lowest BCUT2D eigenvalue weighted by molar-refractivity contribution is -0.384. The monoisotopic (exact) mass is 231 g/mol. The highest BCUT2D eigenvalue weighted by Crippen LogP contribution is 2.28. The number of rotatable bonds is 5. The van der Waals surface area contributed by atoms with E-state index in [2.05, 4.69) is 5.32 Å². The van der Waals surface area contributed by atoms with E-state index in [1.807, 2.05) is 0 Å². The standard InChI is InChI=1S/C9H11F2N3O2/c10-6-2-3-7(14(15)16)9(8(6)11)13-5-1-4-12/h2-3,13H,1,4-5,12H2. The molecule has 0 amide bonds. The Kier molecular flexibility index (Phi) is 4.12. The van der Waals surface area contributed by atoms with Crippen LogP contribution in [-0.4, -0.2) is 18.0 Å². The van der Waals surface area contributed by atoms with E-state index in [9.17, 15) is 18.9 Å². The lowest BCUT2D eigenvalue weighted by Crippen LogP contribution is -2.11. The average Bonchev–Trinajstić information content (AvgIpc) is 2.24. The summed E-state index contributed by atoms with van der Waals surface area (Å²) < 4.78 is 26.1. The van der Waals surface area contributed by atoms with Crippen molar-refractivity contribution in [2.45, 2.75) is 6.42 Å². The number of hydrogen-bond acceptors (Lipinski definition) is 4. The molecule has 0 unspecified atom stereocenters. The molecule has 3 N–H and O–H groups in total. The van der Waals surface area contributed by atoms with Crippen LogP contribution in [0.2, 0.25) is 0 Å². The van der Waals surface area contributed by atoms with E-state index in [-0.39, 0.29) is 6.54 Å². The van der Waals surface area contributed by atoms with Gasteiger partial charge in [-0.05, 0) is 19.0 Å². The van der Waals surface area contributed by atoms with Crippen molar-refractivity contribution >= 4 is 11.4 Å². The van der Waals surface area contributed by atoms with Gasteiger partial charge in [-0.3, -0.25) is 10.1 Å². The molecule has 0 saturated heterocycles. The second kappa shape index (κ2) is 5.36. The number of halogens is 2. The van der Waals surface area contributed by atoms with Crippen molar-refractivity contribution in [3.63, 3.8) is 0 Å². The quantitative estimate of drug-likeness (QED) is 0.458. The van der Waals surface area contributed by atoms with Gasteiger partial charge in [0.05, 0.1) is 4.92 Å². The molecule has 7 heteroatoms. The topological polar surface area (TPSA) is 81.2 Å². The molecule has 0 spiro atoms. The lowest BCUT2D eigenvalue weighted by atomic mass is 10.2. The summed E-state index contributed by atoms with van der Waals surface area (Å²) in [6.45, 7) is 0.607. The summed E-state index contributed by atoms with van der Waals surface area (Å²) in [6, 6.07) is 1.64. The van der Waals surface area contributed by atoms with E-state index in [4.69, 9.17) is 5.73 Å². The highest BCUT2D eigenvalue weighted by molar-refractivity contribution is 5.62. The van der Waals surface area contributed by atoms with E-state index in [0.29, 0.717) is 13.0 Å².